The van der Waals surface area contributed by atoms with Crippen LogP contribution in [-0.4, -0.2) is 23.9 Å². The topological polar surface area (TPSA) is 84.2 Å². The maximum Gasteiger partial charge on any atom is 0.251 e. The van der Waals surface area contributed by atoms with E-state index in [-0.39, 0.29) is 46.9 Å². The first-order valence-electron chi connectivity index (χ1n) is 8.47. The highest BCUT2D eigenvalue weighted by atomic mass is 35.5. The molecule has 7 heteroatoms. The number of nitrogens with one attached hydrogen (secondary N) is 2. The van der Waals surface area contributed by atoms with E-state index in [9.17, 15) is 14.0 Å². The van der Waals surface area contributed by atoms with E-state index in [0.717, 1.165) is 31.7 Å². The molecule has 1 aromatic carbocycles. The molecule has 1 fully saturated rings. The van der Waals surface area contributed by atoms with Crippen molar-refractivity contribution in [1.29, 1.82) is 0 Å². The predicted molar refractivity (Wildman–Crippen MR) is 99.5 cm³/mol. The van der Waals surface area contributed by atoms with Crippen molar-refractivity contribution in [1.82, 2.24) is 5.32 Å². The normalized spacial score (nSPS) is 15.6. The van der Waals surface area contributed by atoms with Crippen LogP contribution in [0.25, 0.3) is 0 Å². The van der Waals surface area contributed by atoms with Gasteiger partial charge in [0.1, 0.15) is 5.82 Å². The SMILES string of the molecule is CC(C)CC(=O)Nc1ccc(C(=O)NC2(CN)CCCC2)cc1F.Cl. The van der Waals surface area contributed by atoms with E-state index in [1.165, 1.54) is 12.1 Å². The molecule has 5 nitrogen and oxygen atoms in total. The highest BCUT2D eigenvalue weighted by molar-refractivity contribution is 5.96. The molecule has 0 bridgehead atoms. The molecule has 0 radical (unpaired) electrons. The van der Waals surface area contributed by atoms with Crippen molar-refractivity contribution in [2.75, 3.05) is 11.9 Å². The van der Waals surface area contributed by atoms with Gasteiger partial charge in [-0.05, 0) is 37.0 Å². The Morgan fingerprint density at radius 3 is 2.44 bits per heavy atom. The third-order valence-corrected chi connectivity index (χ3v) is 4.43. The number of anilines is 1. The molecule has 0 saturated heterocycles. The molecular formula is C18H27ClFN3O2. The van der Waals surface area contributed by atoms with Crippen LogP contribution in [0, 0.1) is 11.7 Å². The van der Waals surface area contributed by atoms with Crippen LogP contribution in [0.1, 0.15) is 56.3 Å². The molecular weight excluding hydrogens is 345 g/mol. The smallest absolute Gasteiger partial charge is 0.251 e. The monoisotopic (exact) mass is 371 g/mol. The molecule has 0 aliphatic heterocycles. The van der Waals surface area contributed by atoms with E-state index in [2.05, 4.69) is 10.6 Å². The fourth-order valence-corrected chi connectivity index (χ4v) is 3.07. The molecule has 140 valence electrons. The lowest BCUT2D eigenvalue weighted by Gasteiger charge is -2.28. The van der Waals surface area contributed by atoms with Gasteiger partial charge in [0, 0.05) is 18.5 Å². The summed E-state index contributed by atoms with van der Waals surface area (Å²) in [5.74, 6) is -1.000. The number of hydrogen-bond donors (Lipinski definition) is 3. The third-order valence-electron chi connectivity index (χ3n) is 4.43. The Morgan fingerprint density at radius 1 is 1.28 bits per heavy atom. The van der Waals surface area contributed by atoms with Crippen molar-refractivity contribution in [3.05, 3.63) is 29.6 Å². The lowest BCUT2D eigenvalue weighted by Crippen LogP contribution is -2.51. The summed E-state index contributed by atoms with van der Waals surface area (Å²) in [6.45, 7) is 4.21. The number of rotatable bonds is 6. The number of amides is 2. The molecule has 0 unspecified atom stereocenters. The second kappa shape index (κ2) is 9.15. The van der Waals surface area contributed by atoms with Crippen LogP contribution in [-0.2, 0) is 4.79 Å². The van der Waals surface area contributed by atoms with E-state index in [1.54, 1.807) is 0 Å². The number of carbonyl (C=O) groups is 2. The molecule has 1 aliphatic rings. The Bertz CT molecular complexity index is 616. The van der Waals surface area contributed by atoms with Gasteiger partial charge in [-0.15, -0.1) is 12.4 Å². The minimum atomic E-state index is -0.618. The van der Waals surface area contributed by atoms with Crippen LogP contribution in [0.2, 0.25) is 0 Å². The Labute approximate surface area is 154 Å². The highest BCUT2D eigenvalue weighted by Gasteiger charge is 2.34. The largest absolute Gasteiger partial charge is 0.345 e. The summed E-state index contributed by atoms with van der Waals surface area (Å²) in [5.41, 5.74) is 5.75. The van der Waals surface area contributed by atoms with E-state index in [4.69, 9.17) is 5.73 Å². The molecule has 1 aromatic rings. The maximum absolute atomic E-state index is 14.2. The third kappa shape index (κ3) is 5.68. The first kappa shape index (κ1) is 21.4. The van der Waals surface area contributed by atoms with Gasteiger partial charge in [0.05, 0.1) is 11.2 Å². The van der Waals surface area contributed by atoms with Gasteiger partial charge in [0.2, 0.25) is 5.91 Å². The van der Waals surface area contributed by atoms with E-state index >= 15 is 0 Å². The Morgan fingerprint density at radius 2 is 1.92 bits per heavy atom. The summed E-state index contributed by atoms with van der Waals surface area (Å²) in [4.78, 5) is 24.1. The maximum atomic E-state index is 14.2. The molecule has 1 aliphatic carbocycles. The highest BCUT2D eigenvalue weighted by Crippen LogP contribution is 2.29. The summed E-state index contributed by atoms with van der Waals surface area (Å²) in [5, 5.41) is 5.49. The van der Waals surface area contributed by atoms with Gasteiger partial charge in [-0.25, -0.2) is 4.39 Å². The van der Waals surface area contributed by atoms with Gasteiger partial charge < -0.3 is 16.4 Å². The van der Waals surface area contributed by atoms with Crippen LogP contribution >= 0.6 is 12.4 Å². The van der Waals surface area contributed by atoms with Crippen molar-refractivity contribution in [3.63, 3.8) is 0 Å². The zero-order valence-corrected chi connectivity index (χ0v) is 15.5. The standard InChI is InChI=1S/C18H26FN3O2.ClH/c1-12(2)9-16(23)21-15-6-5-13(10-14(15)19)17(24)22-18(11-20)7-3-4-8-18;/h5-6,10,12H,3-4,7-9,11,20H2,1-2H3,(H,21,23)(H,22,24);1H. The van der Waals surface area contributed by atoms with Crippen molar-refractivity contribution >= 4 is 29.9 Å². The Kier molecular flexibility index (Phi) is 7.83. The molecule has 0 spiro atoms. The molecule has 0 heterocycles. The number of nitrogens with two attached hydrogens (primary N) is 1. The fraction of sp³-hybridized carbons (Fsp3) is 0.556. The van der Waals surface area contributed by atoms with Gasteiger partial charge in [0.25, 0.3) is 5.91 Å². The lowest BCUT2D eigenvalue weighted by molar-refractivity contribution is -0.116. The Balaban J connectivity index is 0.00000312. The summed E-state index contributed by atoms with van der Waals surface area (Å²) in [6.07, 6.45) is 4.09. The number of benzene rings is 1. The second-order valence-electron chi connectivity index (χ2n) is 6.99. The predicted octanol–water partition coefficient (Wildman–Crippen LogP) is 3.23. The zero-order chi connectivity index (χ0) is 17.7. The summed E-state index contributed by atoms with van der Waals surface area (Å²) >= 11 is 0. The lowest BCUT2D eigenvalue weighted by atomic mass is 9.97. The number of halogens is 2. The second-order valence-corrected chi connectivity index (χ2v) is 6.99. The van der Waals surface area contributed by atoms with Crippen molar-refractivity contribution in [2.45, 2.75) is 51.5 Å². The molecule has 1 saturated carbocycles. The number of hydrogen-bond acceptors (Lipinski definition) is 3. The van der Waals surface area contributed by atoms with Crippen molar-refractivity contribution in [2.24, 2.45) is 11.7 Å². The summed E-state index contributed by atoms with van der Waals surface area (Å²) in [6, 6.07) is 4.09. The Hall–Kier alpha value is -1.66. The van der Waals surface area contributed by atoms with E-state index in [1.807, 2.05) is 13.8 Å². The van der Waals surface area contributed by atoms with E-state index < -0.39 is 5.82 Å². The van der Waals surface area contributed by atoms with Gasteiger partial charge >= 0.3 is 0 Å². The first-order chi connectivity index (χ1) is 11.3. The minimum absolute atomic E-state index is 0. The molecule has 2 rings (SSSR count). The van der Waals surface area contributed by atoms with Gasteiger partial charge in [-0.2, -0.15) is 0 Å². The summed E-state index contributed by atoms with van der Waals surface area (Å²) in [7, 11) is 0. The average Bonchev–Trinajstić information content (AvgIpc) is 2.97. The van der Waals surface area contributed by atoms with Gasteiger partial charge in [-0.1, -0.05) is 26.7 Å². The zero-order valence-electron chi connectivity index (χ0n) is 14.7. The minimum Gasteiger partial charge on any atom is -0.345 e. The molecule has 0 aromatic heterocycles. The van der Waals surface area contributed by atoms with Crippen LogP contribution in [0.4, 0.5) is 10.1 Å². The van der Waals surface area contributed by atoms with Crippen molar-refractivity contribution in [3.8, 4) is 0 Å². The van der Waals surface area contributed by atoms with Gasteiger partial charge in [0.15, 0.2) is 0 Å². The quantitative estimate of drug-likeness (QED) is 0.717. The van der Waals surface area contributed by atoms with Gasteiger partial charge in [-0.3, -0.25) is 9.59 Å². The fourth-order valence-electron chi connectivity index (χ4n) is 3.07. The van der Waals surface area contributed by atoms with Crippen LogP contribution in [0.5, 0.6) is 0 Å². The van der Waals surface area contributed by atoms with Crippen molar-refractivity contribution < 1.29 is 14.0 Å². The molecule has 0 atom stereocenters. The average molecular weight is 372 g/mol. The van der Waals surface area contributed by atoms with Crippen LogP contribution in [0.3, 0.4) is 0 Å². The molecule has 25 heavy (non-hydrogen) atoms. The molecule has 4 N–H and O–H groups in total. The van der Waals surface area contributed by atoms with E-state index in [0.29, 0.717) is 13.0 Å². The number of carbonyl (C=O) groups excluding carboxylic acids is 2. The van der Waals surface area contributed by atoms with Crippen LogP contribution < -0.4 is 16.4 Å². The molecule has 2 amide bonds. The first-order valence-corrected chi connectivity index (χ1v) is 8.47. The summed E-state index contributed by atoms with van der Waals surface area (Å²) < 4.78 is 14.2. The van der Waals surface area contributed by atoms with Crippen LogP contribution in [0.15, 0.2) is 18.2 Å².